The summed E-state index contributed by atoms with van der Waals surface area (Å²) < 4.78 is 5.25. The van der Waals surface area contributed by atoms with Crippen LogP contribution in [0.15, 0.2) is 34.9 Å². The predicted molar refractivity (Wildman–Crippen MR) is 108 cm³/mol. The SMILES string of the molecule is Cc1onc(-c2ccccc2)c1C(=O)NNC(=O)CC12CC3CC(CC(C3)C1)C2. The molecule has 0 spiro atoms. The van der Waals surface area contributed by atoms with Crippen LogP contribution < -0.4 is 10.9 Å². The highest BCUT2D eigenvalue weighted by molar-refractivity contribution is 6.01. The number of benzene rings is 1. The fourth-order valence-electron chi connectivity index (χ4n) is 6.51. The molecule has 4 aliphatic rings. The molecule has 4 bridgehead atoms. The molecule has 4 fully saturated rings. The molecule has 4 saturated carbocycles. The number of hydrogen-bond acceptors (Lipinski definition) is 4. The Kier molecular flexibility index (Phi) is 4.45. The summed E-state index contributed by atoms with van der Waals surface area (Å²) in [4.78, 5) is 25.4. The maximum atomic E-state index is 12.8. The van der Waals surface area contributed by atoms with E-state index in [4.69, 9.17) is 4.52 Å². The Morgan fingerprint density at radius 3 is 2.28 bits per heavy atom. The third-order valence-electron chi connectivity index (χ3n) is 7.15. The molecule has 1 heterocycles. The lowest BCUT2D eigenvalue weighted by atomic mass is 9.49. The summed E-state index contributed by atoms with van der Waals surface area (Å²) in [5.74, 6) is 2.33. The van der Waals surface area contributed by atoms with E-state index in [0.29, 0.717) is 23.4 Å². The van der Waals surface area contributed by atoms with Gasteiger partial charge in [0.1, 0.15) is 17.0 Å². The highest BCUT2D eigenvalue weighted by atomic mass is 16.5. The fourth-order valence-corrected chi connectivity index (χ4v) is 6.51. The molecule has 0 radical (unpaired) electrons. The fraction of sp³-hybridized carbons (Fsp3) is 0.522. The Balaban J connectivity index is 1.24. The molecule has 6 nitrogen and oxygen atoms in total. The quantitative estimate of drug-likeness (QED) is 0.769. The van der Waals surface area contributed by atoms with Crippen molar-refractivity contribution in [1.82, 2.24) is 16.0 Å². The highest BCUT2D eigenvalue weighted by Gasteiger charge is 2.51. The predicted octanol–water partition coefficient (Wildman–Crippen LogP) is 4.02. The standard InChI is InChI=1S/C23H27N3O3/c1-14-20(21(26-29-14)18-5-3-2-4-6-18)22(28)25-24-19(27)13-23-10-15-7-16(11-23)9-17(8-15)12-23/h2-6,15-17H,7-13H2,1H3,(H,24,27)(H,25,28). The van der Waals surface area contributed by atoms with Crippen molar-refractivity contribution >= 4 is 11.8 Å². The average Bonchev–Trinajstić information content (AvgIpc) is 3.07. The smallest absolute Gasteiger partial charge is 0.275 e. The second-order valence-corrected chi connectivity index (χ2v) is 9.43. The van der Waals surface area contributed by atoms with Crippen molar-refractivity contribution in [3.05, 3.63) is 41.7 Å². The first-order chi connectivity index (χ1) is 14.0. The summed E-state index contributed by atoms with van der Waals surface area (Å²) >= 11 is 0. The van der Waals surface area contributed by atoms with E-state index >= 15 is 0 Å². The number of aromatic nitrogens is 1. The molecule has 2 N–H and O–H groups in total. The topological polar surface area (TPSA) is 84.2 Å². The normalized spacial score (nSPS) is 29.6. The Morgan fingerprint density at radius 1 is 1.03 bits per heavy atom. The van der Waals surface area contributed by atoms with E-state index in [2.05, 4.69) is 16.0 Å². The number of amides is 2. The minimum Gasteiger partial charge on any atom is -0.360 e. The van der Waals surface area contributed by atoms with Crippen molar-refractivity contribution in [2.24, 2.45) is 23.2 Å². The lowest BCUT2D eigenvalue weighted by molar-refractivity contribution is -0.130. The second kappa shape index (κ2) is 7.01. The van der Waals surface area contributed by atoms with Crippen LogP contribution in [0.1, 0.15) is 61.1 Å². The molecule has 152 valence electrons. The second-order valence-electron chi connectivity index (χ2n) is 9.43. The minimum absolute atomic E-state index is 0.101. The van der Waals surface area contributed by atoms with Gasteiger partial charge in [-0.15, -0.1) is 0 Å². The number of aryl methyl sites for hydroxylation is 1. The first-order valence-electron chi connectivity index (χ1n) is 10.6. The molecule has 2 aromatic rings. The molecular formula is C23H27N3O3. The van der Waals surface area contributed by atoms with Crippen LogP contribution >= 0.6 is 0 Å². The van der Waals surface area contributed by atoms with E-state index in [1.54, 1.807) is 6.92 Å². The molecule has 4 aliphatic carbocycles. The number of carbonyl (C=O) groups excluding carboxylic acids is 2. The van der Waals surface area contributed by atoms with Crippen LogP contribution in [-0.4, -0.2) is 17.0 Å². The number of carbonyl (C=O) groups is 2. The zero-order valence-electron chi connectivity index (χ0n) is 16.7. The van der Waals surface area contributed by atoms with Gasteiger partial charge in [-0.3, -0.25) is 20.4 Å². The van der Waals surface area contributed by atoms with Crippen molar-refractivity contribution in [2.45, 2.75) is 51.9 Å². The van der Waals surface area contributed by atoms with E-state index in [-0.39, 0.29) is 11.3 Å². The van der Waals surface area contributed by atoms with Gasteiger partial charge in [0.05, 0.1) is 0 Å². The summed E-state index contributed by atoms with van der Waals surface area (Å²) in [7, 11) is 0. The molecule has 6 heteroatoms. The van der Waals surface area contributed by atoms with E-state index in [1.807, 2.05) is 30.3 Å². The van der Waals surface area contributed by atoms with Crippen molar-refractivity contribution in [1.29, 1.82) is 0 Å². The van der Waals surface area contributed by atoms with E-state index in [9.17, 15) is 9.59 Å². The van der Waals surface area contributed by atoms with Gasteiger partial charge in [-0.25, -0.2) is 0 Å². The number of nitrogens with zero attached hydrogens (tertiary/aromatic N) is 1. The van der Waals surface area contributed by atoms with Crippen LogP contribution in [0, 0.1) is 30.1 Å². The molecule has 29 heavy (non-hydrogen) atoms. The van der Waals surface area contributed by atoms with Crippen LogP contribution in [0.3, 0.4) is 0 Å². The maximum absolute atomic E-state index is 12.8. The van der Waals surface area contributed by atoms with Gasteiger partial charge in [0, 0.05) is 12.0 Å². The van der Waals surface area contributed by atoms with E-state index in [1.165, 1.54) is 38.5 Å². The van der Waals surface area contributed by atoms with Gasteiger partial charge >= 0.3 is 0 Å². The molecule has 6 rings (SSSR count). The minimum atomic E-state index is -0.401. The van der Waals surface area contributed by atoms with Crippen molar-refractivity contribution in [3.63, 3.8) is 0 Å². The number of hydrazine groups is 1. The molecule has 0 atom stereocenters. The lowest BCUT2D eigenvalue weighted by Gasteiger charge is -2.56. The Bertz CT molecular complexity index is 899. The monoisotopic (exact) mass is 393 g/mol. The Labute approximate surface area is 170 Å². The molecular weight excluding hydrogens is 366 g/mol. The van der Waals surface area contributed by atoms with Gasteiger partial charge in [-0.1, -0.05) is 35.5 Å². The zero-order chi connectivity index (χ0) is 20.0. The van der Waals surface area contributed by atoms with Crippen molar-refractivity contribution in [2.75, 3.05) is 0 Å². The van der Waals surface area contributed by atoms with Crippen LogP contribution in [0.25, 0.3) is 11.3 Å². The molecule has 1 aromatic carbocycles. The van der Waals surface area contributed by atoms with Gasteiger partial charge in [0.2, 0.25) is 5.91 Å². The number of rotatable bonds is 4. The molecule has 0 saturated heterocycles. The van der Waals surface area contributed by atoms with Gasteiger partial charge in [0.15, 0.2) is 0 Å². The maximum Gasteiger partial charge on any atom is 0.275 e. The van der Waals surface area contributed by atoms with E-state index in [0.717, 1.165) is 23.3 Å². The summed E-state index contributed by atoms with van der Waals surface area (Å²) in [6.07, 6.45) is 8.08. The summed E-state index contributed by atoms with van der Waals surface area (Å²) in [5.41, 5.74) is 7.00. The molecule has 2 amide bonds. The Morgan fingerprint density at radius 2 is 1.66 bits per heavy atom. The molecule has 0 aliphatic heterocycles. The third-order valence-corrected chi connectivity index (χ3v) is 7.15. The number of hydrogen-bond donors (Lipinski definition) is 2. The first kappa shape index (κ1) is 18.4. The van der Waals surface area contributed by atoms with Crippen LogP contribution in [-0.2, 0) is 4.79 Å². The van der Waals surface area contributed by atoms with Gasteiger partial charge in [-0.05, 0) is 68.6 Å². The highest BCUT2D eigenvalue weighted by Crippen LogP contribution is 2.61. The lowest BCUT2D eigenvalue weighted by Crippen LogP contribution is -2.50. The molecule has 1 aromatic heterocycles. The van der Waals surface area contributed by atoms with Crippen LogP contribution in [0.2, 0.25) is 0 Å². The first-order valence-corrected chi connectivity index (χ1v) is 10.6. The largest absolute Gasteiger partial charge is 0.360 e. The Hall–Kier alpha value is -2.63. The summed E-state index contributed by atoms with van der Waals surface area (Å²) in [6, 6.07) is 9.42. The zero-order valence-corrected chi connectivity index (χ0v) is 16.7. The summed E-state index contributed by atoms with van der Waals surface area (Å²) in [6.45, 7) is 1.70. The van der Waals surface area contributed by atoms with Gasteiger partial charge in [0.25, 0.3) is 5.91 Å². The summed E-state index contributed by atoms with van der Waals surface area (Å²) in [5, 5.41) is 4.03. The third kappa shape index (κ3) is 3.45. The van der Waals surface area contributed by atoms with Crippen molar-refractivity contribution < 1.29 is 14.1 Å². The average molecular weight is 393 g/mol. The van der Waals surface area contributed by atoms with E-state index < -0.39 is 5.91 Å². The van der Waals surface area contributed by atoms with Crippen molar-refractivity contribution in [3.8, 4) is 11.3 Å². The van der Waals surface area contributed by atoms with Crippen LogP contribution in [0.4, 0.5) is 0 Å². The van der Waals surface area contributed by atoms with Gasteiger partial charge < -0.3 is 4.52 Å². The number of nitrogens with one attached hydrogen (secondary N) is 2. The molecule has 0 unspecified atom stereocenters. The van der Waals surface area contributed by atoms with Crippen LogP contribution in [0.5, 0.6) is 0 Å². The van der Waals surface area contributed by atoms with Gasteiger partial charge in [-0.2, -0.15) is 0 Å².